The van der Waals surface area contributed by atoms with Crippen molar-refractivity contribution >= 4 is 68.2 Å². The number of hydrogen-bond donors (Lipinski definition) is 6. The van der Waals surface area contributed by atoms with Crippen LogP contribution in [0, 0.1) is 48.8 Å². The molecule has 0 aromatic heterocycles. The van der Waals surface area contributed by atoms with Gasteiger partial charge in [0.15, 0.2) is 0 Å². The lowest BCUT2D eigenvalue weighted by molar-refractivity contribution is -0.137. The second-order valence-electron chi connectivity index (χ2n) is 21.7. The SMILES string of the molecule is COc1cccc(Nc2c(F)cccc2F)c1.COc1cccc(Nc2cc(F)ccc2F)c1.COc1cccc(Nc2ccc(C)cc2)c1.COc1cccc(Nc2ccc(F)cc2F)c1.COc1cccc(Nc2cccc(C(F)(F)F)c2)c1.COc1cccc(Nc2ccccc2C)c1. The number of para-hydroxylation sites is 2. The van der Waals surface area contributed by atoms with Gasteiger partial charge in [0.1, 0.15) is 75.1 Å². The van der Waals surface area contributed by atoms with Crippen molar-refractivity contribution in [1.29, 1.82) is 0 Å². The van der Waals surface area contributed by atoms with Gasteiger partial charge in [-0.2, -0.15) is 13.2 Å². The van der Waals surface area contributed by atoms with Crippen LogP contribution in [-0.4, -0.2) is 42.7 Å². The molecule has 12 aromatic rings. The molecule has 0 aliphatic rings. The fourth-order valence-electron chi connectivity index (χ4n) is 9.07. The van der Waals surface area contributed by atoms with Crippen LogP contribution in [0.3, 0.4) is 0 Å². The van der Waals surface area contributed by atoms with Crippen molar-refractivity contribution in [2.75, 3.05) is 74.6 Å². The van der Waals surface area contributed by atoms with E-state index in [1.54, 1.807) is 132 Å². The molecule has 6 N–H and O–H groups in total. The summed E-state index contributed by atoms with van der Waals surface area (Å²) in [6.07, 6.45) is -4.34. The zero-order valence-corrected chi connectivity index (χ0v) is 56.8. The number of halogens is 9. The first kappa shape index (κ1) is 77.0. The van der Waals surface area contributed by atoms with Gasteiger partial charge in [0.05, 0.1) is 59.6 Å². The van der Waals surface area contributed by atoms with Crippen molar-refractivity contribution in [3.05, 3.63) is 325 Å². The summed E-state index contributed by atoms with van der Waals surface area (Å²) in [6, 6.07) is 75.6. The molecular weight excluding hydrogens is 1320 g/mol. The lowest BCUT2D eigenvalue weighted by Gasteiger charge is -2.11. The summed E-state index contributed by atoms with van der Waals surface area (Å²) in [5.74, 6) is 0.793. The van der Waals surface area contributed by atoms with E-state index >= 15 is 0 Å². The first-order valence-corrected chi connectivity index (χ1v) is 31.2. The molecule has 0 saturated heterocycles. The lowest BCUT2D eigenvalue weighted by Crippen LogP contribution is -2.05. The van der Waals surface area contributed by atoms with E-state index in [2.05, 4.69) is 82.1 Å². The number of nitrogens with one attached hydrogen (secondary N) is 6. The van der Waals surface area contributed by atoms with Crippen LogP contribution in [0.4, 0.5) is 108 Å². The van der Waals surface area contributed by atoms with Crippen LogP contribution in [0.15, 0.2) is 273 Å². The van der Waals surface area contributed by atoms with Gasteiger partial charge in [0, 0.05) is 99.7 Å². The Morgan fingerprint density at radius 3 is 1.03 bits per heavy atom. The van der Waals surface area contributed by atoms with Gasteiger partial charge in [0.25, 0.3) is 0 Å². The molecule has 0 fully saturated rings. The van der Waals surface area contributed by atoms with Crippen LogP contribution < -0.4 is 60.3 Å². The minimum Gasteiger partial charge on any atom is -0.497 e. The quantitative estimate of drug-likeness (QED) is 0.0458. The normalized spacial score (nSPS) is 10.2. The van der Waals surface area contributed by atoms with Crippen molar-refractivity contribution in [2.45, 2.75) is 20.0 Å². The van der Waals surface area contributed by atoms with E-state index in [0.29, 0.717) is 51.4 Å². The molecular formula is C81H75F9N6O6. The van der Waals surface area contributed by atoms with Gasteiger partial charge in [-0.3, -0.25) is 0 Å². The highest BCUT2D eigenvalue weighted by Crippen LogP contribution is 2.33. The van der Waals surface area contributed by atoms with Crippen molar-refractivity contribution in [3.8, 4) is 34.5 Å². The number of methoxy groups -OCH3 is 6. The fourth-order valence-corrected chi connectivity index (χ4v) is 9.07. The molecule has 0 aliphatic heterocycles. The average molecular weight is 1400 g/mol. The van der Waals surface area contributed by atoms with Crippen LogP contribution in [0.2, 0.25) is 0 Å². The molecule has 0 amide bonds. The van der Waals surface area contributed by atoms with Gasteiger partial charge < -0.3 is 60.3 Å². The number of ether oxygens (including phenoxy) is 6. The van der Waals surface area contributed by atoms with Crippen LogP contribution in [0.5, 0.6) is 34.5 Å². The molecule has 0 bridgehead atoms. The molecule has 0 unspecified atom stereocenters. The molecule has 12 nitrogen and oxygen atoms in total. The van der Waals surface area contributed by atoms with Crippen LogP contribution in [0.1, 0.15) is 16.7 Å². The maximum absolute atomic E-state index is 13.4. The summed E-state index contributed by atoms with van der Waals surface area (Å²) in [5, 5.41) is 17.9. The number of aryl methyl sites for hydroxylation is 2. The van der Waals surface area contributed by atoms with Crippen LogP contribution >= 0.6 is 0 Å². The van der Waals surface area contributed by atoms with E-state index in [-0.39, 0.29) is 17.1 Å². The largest absolute Gasteiger partial charge is 0.497 e. The maximum atomic E-state index is 13.4. The van der Waals surface area contributed by atoms with E-state index in [4.69, 9.17) is 28.4 Å². The standard InChI is InChI=1S/C14H12F3NO.2C14H15NO.3C13H11F2NO/c1-19-13-7-3-6-12(9-13)18-11-5-2-4-10(8-11)14(15,16)17;1-11-6-3-4-9-14(11)15-12-7-5-8-13(10-12)16-2;1-11-6-8-12(9-7-11)15-13-4-3-5-14(10-13)16-2;1-17-10-5-2-4-9(8-10)16-13-11(14)6-3-7-12(13)15;1-17-11-4-2-3-10(8-11)16-13-6-5-9(14)7-12(13)15;1-17-11-4-2-3-10(8-11)16-13-7-9(14)5-6-12(13)15/h2-9,18H,1H3;2*3-10,15H,1-2H3;3*2-8,16H,1H3. The Bertz CT molecular complexity index is 4570. The van der Waals surface area contributed by atoms with E-state index in [0.717, 1.165) is 70.6 Å². The number of alkyl halides is 3. The molecule has 0 saturated carbocycles. The Kier molecular flexibility index (Phi) is 29.6. The molecule has 102 heavy (non-hydrogen) atoms. The summed E-state index contributed by atoms with van der Waals surface area (Å²) in [4.78, 5) is 0. The zero-order chi connectivity index (χ0) is 73.4. The van der Waals surface area contributed by atoms with Gasteiger partial charge in [-0.25, -0.2) is 26.3 Å². The van der Waals surface area contributed by atoms with Gasteiger partial charge in [-0.1, -0.05) is 84.4 Å². The third-order valence-corrected chi connectivity index (χ3v) is 14.3. The number of hydrogen-bond acceptors (Lipinski definition) is 12. The molecule has 12 rings (SSSR count). The minimum atomic E-state index is -4.34. The fraction of sp³-hybridized carbons (Fsp3) is 0.111. The molecule has 528 valence electrons. The molecule has 21 heteroatoms. The van der Waals surface area contributed by atoms with E-state index < -0.39 is 46.6 Å². The second-order valence-corrected chi connectivity index (χ2v) is 21.7. The van der Waals surface area contributed by atoms with Crippen LogP contribution in [-0.2, 0) is 6.18 Å². The third kappa shape index (κ3) is 25.5. The second kappa shape index (κ2) is 39.3. The minimum absolute atomic E-state index is 0.0956. The Labute approximate surface area is 587 Å². The Morgan fingerprint density at radius 2 is 0.608 bits per heavy atom. The topological polar surface area (TPSA) is 128 Å². The predicted octanol–water partition coefficient (Wildman–Crippen LogP) is 23.1. The number of anilines is 12. The lowest BCUT2D eigenvalue weighted by atomic mass is 10.2. The van der Waals surface area contributed by atoms with Crippen molar-refractivity contribution in [2.24, 2.45) is 0 Å². The molecule has 0 radical (unpaired) electrons. The molecule has 0 heterocycles. The summed E-state index contributed by atoms with van der Waals surface area (Å²) in [7, 11) is 9.50. The predicted molar refractivity (Wildman–Crippen MR) is 391 cm³/mol. The van der Waals surface area contributed by atoms with E-state index in [9.17, 15) is 39.5 Å². The monoisotopic (exact) mass is 1400 g/mol. The van der Waals surface area contributed by atoms with Gasteiger partial charge in [0.2, 0.25) is 0 Å². The number of rotatable bonds is 18. The zero-order valence-electron chi connectivity index (χ0n) is 56.8. The highest BCUT2D eigenvalue weighted by molar-refractivity contribution is 5.67. The Balaban J connectivity index is 0.000000172. The Hall–Kier alpha value is -12.4. The Morgan fingerprint density at radius 1 is 0.255 bits per heavy atom. The van der Waals surface area contributed by atoms with Crippen molar-refractivity contribution in [1.82, 2.24) is 0 Å². The van der Waals surface area contributed by atoms with Crippen LogP contribution in [0.25, 0.3) is 0 Å². The van der Waals surface area contributed by atoms with Gasteiger partial charge in [-0.15, -0.1) is 0 Å². The van der Waals surface area contributed by atoms with Gasteiger partial charge in [-0.05, 0) is 165 Å². The molecule has 0 aliphatic carbocycles. The highest BCUT2D eigenvalue weighted by atomic mass is 19.4. The van der Waals surface area contributed by atoms with Crippen molar-refractivity contribution in [3.63, 3.8) is 0 Å². The number of benzene rings is 12. The summed E-state index contributed by atoms with van der Waals surface area (Å²) in [6.45, 7) is 4.16. The van der Waals surface area contributed by atoms with Gasteiger partial charge >= 0.3 is 6.18 Å². The summed E-state index contributed by atoms with van der Waals surface area (Å²) < 4.78 is 147. The smallest absolute Gasteiger partial charge is 0.416 e. The maximum Gasteiger partial charge on any atom is 0.416 e. The molecule has 0 spiro atoms. The molecule has 0 atom stereocenters. The molecule has 12 aromatic carbocycles. The van der Waals surface area contributed by atoms with E-state index in [1.165, 1.54) is 61.7 Å². The summed E-state index contributed by atoms with van der Waals surface area (Å²) in [5.41, 5.74) is 9.14. The highest BCUT2D eigenvalue weighted by Gasteiger charge is 2.30. The first-order chi connectivity index (χ1) is 49.1. The van der Waals surface area contributed by atoms with E-state index in [1.807, 2.05) is 60.7 Å². The third-order valence-electron chi connectivity index (χ3n) is 14.3. The first-order valence-electron chi connectivity index (χ1n) is 31.2. The van der Waals surface area contributed by atoms with Crippen molar-refractivity contribution < 1.29 is 67.9 Å². The summed E-state index contributed by atoms with van der Waals surface area (Å²) >= 11 is 0. The average Bonchev–Trinajstić information content (AvgIpc) is 0.868.